The summed E-state index contributed by atoms with van der Waals surface area (Å²) in [6.45, 7) is 0.741. The molecule has 0 aromatic carbocycles. The van der Waals surface area contributed by atoms with Gasteiger partial charge in [-0.25, -0.2) is 9.67 Å². The van der Waals surface area contributed by atoms with Crippen LogP contribution in [-0.2, 0) is 6.54 Å². The smallest absolute Gasteiger partial charge is 0.176 e. The number of hydrogen-bond acceptors (Lipinski definition) is 5. The van der Waals surface area contributed by atoms with Gasteiger partial charge in [0.25, 0.3) is 0 Å². The van der Waals surface area contributed by atoms with Gasteiger partial charge in [0.15, 0.2) is 5.82 Å². The number of thiazole rings is 1. The predicted octanol–water partition coefficient (Wildman–Crippen LogP) is 2.34. The number of hydrogen-bond donors (Lipinski definition) is 1. The van der Waals surface area contributed by atoms with Crippen molar-refractivity contribution in [3.05, 3.63) is 53.4 Å². The lowest BCUT2D eigenvalue weighted by Gasteiger charge is -2.09. The number of rotatable bonds is 4. The molecule has 3 rings (SSSR count). The summed E-state index contributed by atoms with van der Waals surface area (Å²) in [5, 5.41) is 7.55. The van der Waals surface area contributed by atoms with E-state index in [9.17, 15) is 0 Å². The Kier molecular flexibility index (Phi) is 3.01. The second kappa shape index (κ2) is 4.97. The molecule has 0 fully saturated rings. The molecule has 0 saturated carbocycles. The lowest BCUT2D eigenvalue weighted by molar-refractivity contribution is 0.846. The van der Waals surface area contributed by atoms with Crippen molar-refractivity contribution in [3.63, 3.8) is 0 Å². The average Bonchev–Trinajstić information content (AvgIpc) is 3.10. The molecule has 0 aliphatic rings. The van der Waals surface area contributed by atoms with Crippen LogP contribution in [0.4, 0.5) is 5.69 Å². The molecule has 0 aliphatic carbocycles. The molecule has 3 aromatic heterocycles. The molecule has 0 radical (unpaired) electrons. The van der Waals surface area contributed by atoms with Gasteiger partial charge in [-0.15, -0.1) is 11.3 Å². The maximum Gasteiger partial charge on any atom is 0.176 e. The highest BCUT2D eigenvalue weighted by molar-refractivity contribution is 7.09. The normalized spacial score (nSPS) is 10.4. The van der Waals surface area contributed by atoms with E-state index in [0.29, 0.717) is 0 Å². The Bertz CT molecular complexity index is 603. The molecule has 0 atom stereocenters. The summed E-state index contributed by atoms with van der Waals surface area (Å²) < 4.78 is 1.75. The molecule has 90 valence electrons. The third-order valence-corrected chi connectivity index (χ3v) is 3.22. The van der Waals surface area contributed by atoms with Gasteiger partial charge < -0.3 is 5.32 Å². The number of anilines is 1. The van der Waals surface area contributed by atoms with E-state index in [1.54, 1.807) is 28.4 Å². The summed E-state index contributed by atoms with van der Waals surface area (Å²) in [6.07, 6.45) is 7.23. The maximum absolute atomic E-state index is 4.35. The van der Waals surface area contributed by atoms with Gasteiger partial charge in [-0.1, -0.05) is 0 Å². The van der Waals surface area contributed by atoms with E-state index < -0.39 is 0 Å². The highest BCUT2D eigenvalue weighted by Crippen LogP contribution is 2.17. The Morgan fingerprint density at radius 2 is 2.28 bits per heavy atom. The topological polar surface area (TPSA) is 55.6 Å². The summed E-state index contributed by atoms with van der Waals surface area (Å²) in [5.41, 5.74) is 2.78. The zero-order valence-electron chi connectivity index (χ0n) is 9.52. The van der Waals surface area contributed by atoms with Gasteiger partial charge in [0.1, 0.15) is 0 Å². The van der Waals surface area contributed by atoms with E-state index in [1.807, 2.05) is 36.1 Å². The predicted molar refractivity (Wildman–Crippen MR) is 70.8 cm³/mol. The fourth-order valence-electron chi connectivity index (χ4n) is 1.62. The lowest BCUT2D eigenvalue weighted by atomic mass is 10.3. The Morgan fingerprint density at radius 1 is 1.28 bits per heavy atom. The van der Waals surface area contributed by atoms with E-state index in [-0.39, 0.29) is 0 Å². The first-order valence-corrected chi connectivity index (χ1v) is 6.38. The molecule has 18 heavy (non-hydrogen) atoms. The summed E-state index contributed by atoms with van der Waals surface area (Å²) in [7, 11) is 0. The first-order chi connectivity index (χ1) is 8.93. The molecule has 3 heterocycles. The van der Waals surface area contributed by atoms with Crippen LogP contribution in [0.5, 0.6) is 0 Å². The Balaban J connectivity index is 1.84. The minimum atomic E-state index is 0.741. The van der Waals surface area contributed by atoms with Crippen LogP contribution in [0.25, 0.3) is 5.82 Å². The van der Waals surface area contributed by atoms with Crippen molar-refractivity contribution in [2.24, 2.45) is 0 Å². The second-order valence-electron chi connectivity index (χ2n) is 3.65. The molecule has 0 bridgehead atoms. The van der Waals surface area contributed by atoms with E-state index in [4.69, 9.17) is 0 Å². The van der Waals surface area contributed by atoms with Crippen LogP contribution >= 0.6 is 11.3 Å². The van der Waals surface area contributed by atoms with Crippen molar-refractivity contribution in [2.45, 2.75) is 6.54 Å². The summed E-state index contributed by atoms with van der Waals surface area (Å²) in [5.74, 6) is 0.798. The Labute approximate surface area is 108 Å². The maximum atomic E-state index is 4.35. The fourth-order valence-corrected chi connectivity index (χ4v) is 2.16. The number of aromatic nitrogens is 4. The van der Waals surface area contributed by atoms with Crippen LogP contribution in [-0.4, -0.2) is 19.7 Å². The van der Waals surface area contributed by atoms with Crippen molar-refractivity contribution in [3.8, 4) is 5.82 Å². The zero-order chi connectivity index (χ0) is 12.2. The van der Waals surface area contributed by atoms with E-state index in [2.05, 4.69) is 20.4 Å². The minimum absolute atomic E-state index is 0.741. The Morgan fingerprint density at radius 3 is 3.06 bits per heavy atom. The van der Waals surface area contributed by atoms with Gasteiger partial charge in [-0.2, -0.15) is 5.10 Å². The molecule has 0 amide bonds. The minimum Gasteiger partial charge on any atom is -0.377 e. The lowest BCUT2D eigenvalue weighted by Crippen LogP contribution is -2.05. The average molecular weight is 257 g/mol. The van der Waals surface area contributed by atoms with Crippen molar-refractivity contribution in [2.75, 3.05) is 5.32 Å². The van der Waals surface area contributed by atoms with Gasteiger partial charge in [0, 0.05) is 29.7 Å². The van der Waals surface area contributed by atoms with Crippen molar-refractivity contribution >= 4 is 17.0 Å². The van der Waals surface area contributed by atoms with Crippen molar-refractivity contribution in [1.29, 1.82) is 0 Å². The molecule has 1 N–H and O–H groups in total. The summed E-state index contributed by atoms with van der Waals surface area (Å²) in [4.78, 5) is 9.58. The zero-order valence-corrected chi connectivity index (χ0v) is 10.3. The first kappa shape index (κ1) is 10.9. The molecular weight excluding hydrogens is 246 g/mol. The Hall–Kier alpha value is -2.21. The monoisotopic (exact) mass is 257 g/mol. The summed E-state index contributed by atoms with van der Waals surface area (Å²) >= 11 is 1.63. The van der Waals surface area contributed by atoms with Crippen LogP contribution in [0.3, 0.4) is 0 Å². The highest BCUT2D eigenvalue weighted by atomic mass is 32.1. The number of nitrogens with zero attached hydrogens (tertiary/aromatic N) is 4. The van der Waals surface area contributed by atoms with Gasteiger partial charge in [-0.05, 0) is 18.2 Å². The molecule has 6 heteroatoms. The van der Waals surface area contributed by atoms with Crippen molar-refractivity contribution in [1.82, 2.24) is 19.7 Å². The quantitative estimate of drug-likeness (QED) is 0.779. The molecule has 0 unspecified atom stereocenters. The van der Waals surface area contributed by atoms with E-state index >= 15 is 0 Å². The van der Waals surface area contributed by atoms with Gasteiger partial charge in [0.05, 0.1) is 17.7 Å². The molecule has 0 aliphatic heterocycles. The second-order valence-corrected chi connectivity index (χ2v) is 4.62. The van der Waals surface area contributed by atoms with E-state index in [0.717, 1.165) is 18.1 Å². The van der Waals surface area contributed by atoms with E-state index in [1.165, 1.54) is 4.88 Å². The van der Waals surface area contributed by atoms with Gasteiger partial charge >= 0.3 is 0 Å². The number of nitrogens with one attached hydrogen (secondary N) is 1. The van der Waals surface area contributed by atoms with Crippen LogP contribution in [0, 0.1) is 0 Å². The highest BCUT2D eigenvalue weighted by Gasteiger charge is 2.05. The van der Waals surface area contributed by atoms with Crippen LogP contribution < -0.4 is 5.32 Å². The molecule has 0 saturated heterocycles. The molecular formula is C12H11N5S. The standard InChI is InChI=1S/C12H11N5S/c1-3-11(15-8-10-7-13-9-18-10)12(14-4-1)17-6-2-5-16-17/h1-7,9,15H,8H2. The largest absolute Gasteiger partial charge is 0.377 e. The van der Waals surface area contributed by atoms with Crippen LogP contribution in [0.15, 0.2) is 48.5 Å². The molecule has 5 nitrogen and oxygen atoms in total. The molecule has 0 spiro atoms. The third-order valence-electron chi connectivity index (χ3n) is 2.44. The molecule has 3 aromatic rings. The fraction of sp³-hybridized carbons (Fsp3) is 0.0833. The first-order valence-electron chi connectivity index (χ1n) is 5.50. The van der Waals surface area contributed by atoms with Crippen molar-refractivity contribution < 1.29 is 0 Å². The van der Waals surface area contributed by atoms with Gasteiger partial charge in [0.2, 0.25) is 0 Å². The SMILES string of the molecule is c1cnc(-n2cccn2)c(NCc2cncs2)c1. The number of pyridine rings is 1. The summed E-state index contributed by atoms with van der Waals surface area (Å²) in [6, 6.07) is 5.77. The third kappa shape index (κ3) is 2.23. The van der Waals surface area contributed by atoms with Gasteiger partial charge in [-0.3, -0.25) is 4.98 Å². The van der Waals surface area contributed by atoms with Crippen LogP contribution in [0.1, 0.15) is 4.88 Å². The van der Waals surface area contributed by atoms with Crippen LogP contribution in [0.2, 0.25) is 0 Å².